The third kappa shape index (κ3) is 6.27. The summed E-state index contributed by atoms with van der Waals surface area (Å²) < 4.78 is 36.2. The number of carbonyl (C=O) groups is 1. The highest BCUT2D eigenvalue weighted by Crippen LogP contribution is 2.45. The minimum Gasteiger partial charge on any atom is -0.493 e. The number of hydrogen-bond acceptors (Lipinski definition) is 9. The van der Waals surface area contributed by atoms with Crippen LogP contribution in [0.15, 0.2) is 48.5 Å². The van der Waals surface area contributed by atoms with Crippen LogP contribution in [-0.4, -0.2) is 66.7 Å². The number of ketones is 1. The highest BCUT2D eigenvalue weighted by atomic mass is 19.1. The third-order valence-corrected chi connectivity index (χ3v) is 7.71. The van der Waals surface area contributed by atoms with E-state index in [9.17, 15) is 19.4 Å². The van der Waals surface area contributed by atoms with Gasteiger partial charge in [-0.25, -0.2) is 9.37 Å². The molecule has 0 aliphatic carbocycles. The lowest BCUT2D eigenvalue weighted by atomic mass is 9.87. The van der Waals surface area contributed by atoms with Crippen LogP contribution in [0.2, 0.25) is 0 Å². The van der Waals surface area contributed by atoms with Crippen molar-refractivity contribution in [2.45, 2.75) is 56.9 Å². The summed E-state index contributed by atoms with van der Waals surface area (Å²) in [7, 11) is 1.48. The molecule has 3 heterocycles. The summed E-state index contributed by atoms with van der Waals surface area (Å²) in [4.78, 5) is 18.0. The molecule has 3 aromatic rings. The van der Waals surface area contributed by atoms with Gasteiger partial charge in [0.2, 0.25) is 0 Å². The number of benzene rings is 2. The first kappa shape index (κ1) is 29.9. The largest absolute Gasteiger partial charge is 0.493 e. The van der Waals surface area contributed by atoms with E-state index in [4.69, 9.17) is 23.9 Å². The molecule has 0 radical (unpaired) electrons. The number of carbonyl (C=O) groups excluding carboxylic acids is 1. The molecule has 0 amide bonds. The average Bonchev–Trinajstić information content (AvgIpc) is 3.29. The van der Waals surface area contributed by atoms with E-state index in [1.165, 1.54) is 19.2 Å². The number of halogens is 1. The molecule has 3 atom stereocenters. The Labute approximate surface area is 244 Å². The number of fused-ring (bicyclic) bond motifs is 1. The highest BCUT2D eigenvalue weighted by molar-refractivity contribution is 5.96. The Hall–Kier alpha value is -3.57. The van der Waals surface area contributed by atoms with Crippen LogP contribution in [0.5, 0.6) is 17.2 Å². The topological polar surface area (TPSA) is 119 Å². The van der Waals surface area contributed by atoms with E-state index in [0.717, 1.165) is 5.56 Å². The molecule has 3 N–H and O–H groups in total. The molecule has 0 spiro atoms. The third-order valence-electron chi connectivity index (χ3n) is 7.71. The summed E-state index contributed by atoms with van der Waals surface area (Å²) in [5.74, 6) is 0.826. The Kier molecular flexibility index (Phi) is 8.52. The van der Waals surface area contributed by atoms with Gasteiger partial charge in [0.15, 0.2) is 23.0 Å². The molecule has 2 aromatic carbocycles. The Morgan fingerprint density at radius 2 is 1.95 bits per heavy atom. The molecular weight excluding hydrogens is 543 g/mol. The molecule has 2 aliphatic heterocycles. The van der Waals surface area contributed by atoms with Gasteiger partial charge >= 0.3 is 0 Å². The van der Waals surface area contributed by atoms with Crippen LogP contribution in [0, 0.1) is 5.82 Å². The van der Waals surface area contributed by atoms with Gasteiger partial charge in [-0.15, -0.1) is 0 Å². The van der Waals surface area contributed by atoms with Gasteiger partial charge in [0.1, 0.15) is 30.3 Å². The molecule has 5 rings (SSSR count). The van der Waals surface area contributed by atoms with Crippen LogP contribution in [0.4, 0.5) is 4.39 Å². The fraction of sp³-hybridized carbons (Fsp3) is 0.438. The Bertz CT molecular complexity index is 1440. The lowest BCUT2D eigenvalue weighted by molar-refractivity contribution is -0.0204. The van der Waals surface area contributed by atoms with Crippen molar-refractivity contribution in [1.29, 1.82) is 0 Å². The maximum Gasteiger partial charge on any atom is 0.163 e. The summed E-state index contributed by atoms with van der Waals surface area (Å²) in [5, 5.41) is 24.8. The number of Topliss-reactive ketones (excluding diaryl/α,β-unsaturated/α-hetero) is 1. The van der Waals surface area contributed by atoms with Crippen molar-refractivity contribution in [2.24, 2.45) is 0 Å². The van der Waals surface area contributed by atoms with Gasteiger partial charge < -0.3 is 29.2 Å². The fourth-order valence-electron chi connectivity index (χ4n) is 5.15. The van der Waals surface area contributed by atoms with E-state index in [1.54, 1.807) is 44.2 Å². The second kappa shape index (κ2) is 12.0. The van der Waals surface area contributed by atoms with E-state index >= 15 is 0 Å². The van der Waals surface area contributed by atoms with Crippen LogP contribution in [0.1, 0.15) is 55.2 Å². The van der Waals surface area contributed by atoms with Crippen LogP contribution < -0.4 is 19.5 Å². The summed E-state index contributed by atoms with van der Waals surface area (Å²) in [6, 6.07) is 12.9. The van der Waals surface area contributed by atoms with E-state index in [0.29, 0.717) is 59.6 Å². The molecule has 1 saturated heterocycles. The number of methoxy groups -OCH3 is 1. The van der Waals surface area contributed by atoms with Gasteiger partial charge in [-0.3, -0.25) is 10.1 Å². The van der Waals surface area contributed by atoms with Gasteiger partial charge in [-0.2, -0.15) is 0 Å². The lowest BCUT2D eigenvalue weighted by Gasteiger charge is -2.35. The zero-order valence-corrected chi connectivity index (χ0v) is 24.3. The summed E-state index contributed by atoms with van der Waals surface area (Å²) >= 11 is 0. The predicted molar refractivity (Wildman–Crippen MR) is 154 cm³/mol. The van der Waals surface area contributed by atoms with Gasteiger partial charge in [-0.1, -0.05) is 0 Å². The van der Waals surface area contributed by atoms with Crippen molar-refractivity contribution >= 4 is 5.78 Å². The van der Waals surface area contributed by atoms with Crippen molar-refractivity contribution in [3.63, 3.8) is 0 Å². The number of aliphatic hydroxyl groups is 2. The number of rotatable bonds is 12. The molecule has 10 heteroatoms. The lowest BCUT2D eigenvalue weighted by Crippen LogP contribution is -2.55. The first-order valence-electron chi connectivity index (χ1n) is 14.0. The minimum atomic E-state index is -1.47. The summed E-state index contributed by atoms with van der Waals surface area (Å²) in [6.45, 7) is 6.94. The Morgan fingerprint density at radius 3 is 2.60 bits per heavy atom. The minimum absolute atomic E-state index is 0.0418. The normalized spacial score (nSPS) is 20.2. The first-order valence-corrected chi connectivity index (χ1v) is 14.0. The van der Waals surface area contributed by atoms with E-state index < -0.39 is 17.2 Å². The monoisotopic (exact) mass is 580 g/mol. The van der Waals surface area contributed by atoms with Gasteiger partial charge in [0, 0.05) is 23.1 Å². The molecule has 42 heavy (non-hydrogen) atoms. The number of nitrogens with one attached hydrogen (secondary N) is 1. The first-order chi connectivity index (χ1) is 20.0. The molecule has 2 aliphatic rings. The molecule has 0 bridgehead atoms. The average molecular weight is 581 g/mol. The van der Waals surface area contributed by atoms with Crippen molar-refractivity contribution < 1.29 is 38.3 Å². The predicted octanol–water partition coefficient (Wildman–Crippen LogP) is 4.12. The van der Waals surface area contributed by atoms with E-state index in [-0.39, 0.29) is 37.1 Å². The Balaban J connectivity index is 1.41. The smallest absolute Gasteiger partial charge is 0.163 e. The molecule has 9 nitrogen and oxygen atoms in total. The number of nitrogens with zero attached hydrogens (tertiary/aromatic N) is 1. The molecular formula is C32H37FN2O7. The van der Waals surface area contributed by atoms with Crippen LogP contribution in [0.25, 0.3) is 11.3 Å². The van der Waals surface area contributed by atoms with Crippen LogP contribution in [0.3, 0.4) is 0 Å². The van der Waals surface area contributed by atoms with Crippen molar-refractivity contribution in [3.05, 3.63) is 71.2 Å². The number of hydrogen-bond donors (Lipinski definition) is 3. The van der Waals surface area contributed by atoms with Crippen LogP contribution >= 0.6 is 0 Å². The van der Waals surface area contributed by atoms with Crippen LogP contribution in [-0.2, 0) is 15.9 Å². The highest BCUT2D eigenvalue weighted by Gasteiger charge is 2.43. The SMILES string of the molecule is COc1cc(C(=O)CC[C@@](C)(O)c2cc3c(c(-c4ccc(F)cc4)n2)OC[C@@]3(C)NC2COC2)ccc1OC[C@@H](C)O. The summed E-state index contributed by atoms with van der Waals surface area (Å²) in [6.07, 6.45) is -0.507. The maximum atomic E-state index is 13.7. The van der Waals surface area contributed by atoms with E-state index in [2.05, 4.69) is 5.32 Å². The number of aliphatic hydroxyl groups excluding tert-OH is 1. The van der Waals surface area contributed by atoms with Crippen molar-refractivity contribution in [1.82, 2.24) is 10.3 Å². The Morgan fingerprint density at radius 1 is 1.21 bits per heavy atom. The van der Waals surface area contributed by atoms with E-state index in [1.807, 2.05) is 13.0 Å². The van der Waals surface area contributed by atoms with Gasteiger partial charge in [-0.05, 0) is 75.7 Å². The molecule has 1 aromatic heterocycles. The van der Waals surface area contributed by atoms with Crippen molar-refractivity contribution in [2.75, 3.05) is 33.5 Å². The van der Waals surface area contributed by atoms with Gasteiger partial charge in [0.25, 0.3) is 0 Å². The fourth-order valence-corrected chi connectivity index (χ4v) is 5.15. The standard InChI is InChI=1S/C32H37FN2O7/c1-19(36)15-41-26-10-7-21(13-27(26)39-4)25(37)11-12-32(3,38)28-14-24-30(29(34-28)20-5-8-22(33)9-6-20)42-18-31(24,2)35-23-16-40-17-23/h5-10,13-14,19,23,35-36,38H,11-12,15-18H2,1-4H3/t19-,31-,32-/m1/s1. The second-order valence-corrected chi connectivity index (χ2v) is 11.5. The molecule has 1 fully saturated rings. The number of ether oxygens (including phenoxy) is 4. The molecule has 0 unspecified atom stereocenters. The molecule has 0 saturated carbocycles. The van der Waals surface area contributed by atoms with Gasteiger partial charge in [0.05, 0.1) is 43.7 Å². The number of pyridine rings is 1. The summed E-state index contributed by atoms with van der Waals surface area (Å²) in [5.41, 5.74) is 0.765. The second-order valence-electron chi connectivity index (χ2n) is 11.5. The zero-order valence-electron chi connectivity index (χ0n) is 24.3. The zero-order chi connectivity index (χ0) is 30.1. The molecule has 224 valence electrons. The maximum absolute atomic E-state index is 13.7. The number of aromatic nitrogens is 1. The van der Waals surface area contributed by atoms with Crippen molar-refractivity contribution in [3.8, 4) is 28.5 Å². The quantitative estimate of drug-likeness (QED) is 0.272.